The van der Waals surface area contributed by atoms with Crippen LogP contribution in [0.15, 0.2) is 47.4 Å². The van der Waals surface area contributed by atoms with Crippen LogP contribution >= 0.6 is 35.6 Å². The predicted octanol–water partition coefficient (Wildman–Crippen LogP) is 4.59. The van der Waals surface area contributed by atoms with Gasteiger partial charge < -0.3 is 14.8 Å². The third-order valence-corrected chi connectivity index (χ3v) is 5.89. The normalized spacial score (nSPS) is 14.9. The molecule has 0 atom stereocenters. The van der Waals surface area contributed by atoms with Crippen LogP contribution in [0.3, 0.4) is 0 Å². The monoisotopic (exact) mass is 462 g/mol. The molecule has 1 aliphatic rings. The molecular weight excluding hydrogens is 444 g/mol. The summed E-state index contributed by atoms with van der Waals surface area (Å²) in [6, 6.07) is 12.2. The zero-order chi connectivity index (χ0) is 21.7. The molecule has 0 radical (unpaired) electrons. The fraction of sp³-hybridized carbons (Fsp3) is 0.190. The van der Waals surface area contributed by atoms with Crippen LogP contribution in [0.25, 0.3) is 6.08 Å². The number of hydrogen-bond acceptors (Lipinski definition) is 6. The van der Waals surface area contributed by atoms with Crippen LogP contribution in [0.2, 0.25) is 5.02 Å². The first-order chi connectivity index (χ1) is 14.4. The van der Waals surface area contributed by atoms with E-state index in [0.717, 1.165) is 5.56 Å². The number of ether oxygens (including phenoxy) is 2. The number of nitrogens with zero attached hydrogens (tertiary/aromatic N) is 1. The number of para-hydroxylation sites is 1. The van der Waals surface area contributed by atoms with Gasteiger partial charge in [0, 0.05) is 6.54 Å². The number of benzene rings is 2. The van der Waals surface area contributed by atoms with Gasteiger partial charge in [-0.25, -0.2) is 0 Å². The van der Waals surface area contributed by atoms with Crippen LogP contribution in [0.4, 0.5) is 5.69 Å². The van der Waals surface area contributed by atoms with Crippen molar-refractivity contribution in [1.29, 1.82) is 0 Å². The summed E-state index contributed by atoms with van der Waals surface area (Å²) in [6.07, 6.45) is 1.76. The van der Waals surface area contributed by atoms with Gasteiger partial charge in [-0.2, -0.15) is 0 Å². The van der Waals surface area contributed by atoms with E-state index in [1.807, 2.05) is 6.92 Å². The second-order valence-corrected chi connectivity index (χ2v) is 8.24. The fourth-order valence-corrected chi connectivity index (χ4v) is 4.28. The Hall–Kier alpha value is -2.55. The Morgan fingerprint density at radius 1 is 1.27 bits per heavy atom. The molecule has 0 aliphatic carbocycles. The Morgan fingerprint density at radius 2 is 2.03 bits per heavy atom. The second kappa shape index (κ2) is 9.97. The summed E-state index contributed by atoms with van der Waals surface area (Å²) in [5.74, 6) is 0.394. The van der Waals surface area contributed by atoms with E-state index in [-0.39, 0.29) is 18.4 Å². The van der Waals surface area contributed by atoms with Crippen molar-refractivity contribution in [3.63, 3.8) is 0 Å². The van der Waals surface area contributed by atoms with E-state index in [1.54, 1.807) is 53.4 Å². The fourth-order valence-electron chi connectivity index (χ4n) is 2.71. The predicted molar refractivity (Wildman–Crippen MR) is 124 cm³/mol. The number of methoxy groups -OCH3 is 1. The Balaban J connectivity index is 1.68. The molecule has 0 saturated carbocycles. The minimum atomic E-state index is -0.350. The maximum atomic E-state index is 12.4. The molecule has 6 nitrogen and oxygen atoms in total. The Kier molecular flexibility index (Phi) is 7.36. The Labute approximate surface area is 189 Å². The first-order valence-electron chi connectivity index (χ1n) is 9.03. The summed E-state index contributed by atoms with van der Waals surface area (Å²) in [7, 11) is 1.51. The first kappa shape index (κ1) is 22.1. The van der Waals surface area contributed by atoms with Gasteiger partial charge in [-0.3, -0.25) is 14.5 Å². The van der Waals surface area contributed by atoms with Crippen molar-refractivity contribution < 1.29 is 19.1 Å². The third-order valence-electron chi connectivity index (χ3n) is 4.18. The summed E-state index contributed by atoms with van der Waals surface area (Å²) in [5, 5.41) is 3.14. The minimum Gasteiger partial charge on any atom is -0.493 e. The molecule has 1 fully saturated rings. The van der Waals surface area contributed by atoms with E-state index in [4.69, 9.17) is 33.3 Å². The van der Waals surface area contributed by atoms with Gasteiger partial charge in [-0.1, -0.05) is 53.8 Å². The van der Waals surface area contributed by atoms with E-state index < -0.39 is 0 Å². The van der Waals surface area contributed by atoms with Crippen LogP contribution < -0.4 is 14.8 Å². The highest BCUT2D eigenvalue weighted by atomic mass is 35.5. The molecule has 2 aromatic carbocycles. The van der Waals surface area contributed by atoms with Crippen LogP contribution in [0, 0.1) is 0 Å². The maximum absolute atomic E-state index is 12.4. The number of carbonyl (C=O) groups excluding carboxylic acids is 2. The van der Waals surface area contributed by atoms with E-state index in [2.05, 4.69) is 5.32 Å². The van der Waals surface area contributed by atoms with Crippen LogP contribution in [-0.4, -0.2) is 41.3 Å². The summed E-state index contributed by atoms with van der Waals surface area (Å²) in [4.78, 5) is 26.6. The number of hydrogen-bond donors (Lipinski definition) is 1. The van der Waals surface area contributed by atoms with Crippen molar-refractivity contribution in [2.45, 2.75) is 6.92 Å². The number of likely N-dealkylation sites (N-methyl/N-ethyl adjacent to an activating group) is 1. The van der Waals surface area contributed by atoms with Crippen molar-refractivity contribution in [2.75, 3.05) is 25.6 Å². The number of carbonyl (C=O) groups is 2. The van der Waals surface area contributed by atoms with Gasteiger partial charge in [0.1, 0.15) is 4.32 Å². The van der Waals surface area contributed by atoms with Gasteiger partial charge in [-0.15, -0.1) is 0 Å². The lowest BCUT2D eigenvalue weighted by Gasteiger charge is -2.12. The van der Waals surface area contributed by atoms with Crippen molar-refractivity contribution in [2.24, 2.45) is 0 Å². The molecule has 0 unspecified atom stereocenters. The van der Waals surface area contributed by atoms with Crippen LogP contribution in [-0.2, 0) is 9.59 Å². The van der Waals surface area contributed by atoms with E-state index in [0.29, 0.717) is 38.0 Å². The van der Waals surface area contributed by atoms with E-state index in [1.165, 1.54) is 18.9 Å². The molecule has 1 heterocycles. The number of thiocarbonyl (C=S) groups is 1. The summed E-state index contributed by atoms with van der Waals surface area (Å²) in [6.45, 7) is 2.20. The summed E-state index contributed by atoms with van der Waals surface area (Å²) < 4.78 is 11.5. The van der Waals surface area contributed by atoms with Gasteiger partial charge in [0.25, 0.3) is 11.8 Å². The molecule has 2 aromatic rings. The number of thioether (sulfide) groups is 1. The van der Waals surface area contributed by atoms with Gasteiger partial charge in [0.2, 0.25) is 0 Å². The standard InChI is InChI=1S/C21H19ClN2O4S2/c1-3-24-20(26)18(30-21(24)29)11-13-8-9-16(17(10-13)27-2)28-12-19(25)23-15-7-5-4-6-14(15)22/h4-11H,3,12H2,1-2H3,(H,23,25)/b18-11+. The molecule has 1 aliphatic heterocycles. The van der Waals surface area contributed by atoms with Crippen LogP contribution in [0.1, 0.15) is 12.5 Å². The number of anilines is 1. The first-order valence-corrected chi connectivity index (χ1v) is 10.6. The highest BCUT2D eigenvalue weighted by molar-refractivity contribution is 8.26. The van der Waals surface area contributed by atoms with Crippen molar-refractivity contribution in [3.05, 3.63) is 58.0 Å². The quantitative estimate of drug-likeness (QED) is 0.479. The number of amides is 2. The third kappa shape index (κ3) is 5.13. The van der Waals surface area contributed by atoms with Gasteiger partial charge in [0.15, 0.2) is 18.1 Å². The van der Waals surface area contributed by atoms with Crippen molar-refractivity contribution in [3.8, 4) is 11.5 Å². The summed E-state index contributed by atoms with van der Waals surface area (Å²) in [5.41, 5.74) is 1.27. The molecule has 2 amide bonds. The topological polar surface area (TPSA) is 67.9 Å². The van der Waals surface area contributed by atoms with E-state index >= 15 is 0 Å². The second-order valence-electron chi connectivity index (χ2n) is 6.15. The Bertz CT molecular complexity index is 1030. The summed E-state index contributed by atoms with van der Waals surface area (Å²) >= 11 is 12.5. The maximum Gasteiger partial charge on any atom is 0.266 e. The average Bonchev–Trinajstić information content (AvgIpc) is 3.00. The Morgan fingerprint density at radius 3 is 2.70 bits per heavy atom. The van der Waals surface area contributed by atoms with Crippen LogP contribution in [0.5, 0.6) is 11.5 Å². The zero-order valence-electron chi connectivity index (χ0n) is 16.3. The van der Waals surface area contributed by atoms with Crippen molar-refractivity contribution in [1.82, 2.24) is 4.90 Å². The molecule has 156 valence electrons. The number of rotatable bonds is 7. The van der Waals surface area contributed by atoms with Gasteiger partial charge >= 0.3 is 0 Å². The molecule has 3 rings (SSSR count). The van der Waals surface area contributed by atoms with E-state index in [9.17, 15) is 9.59 Å². The molecule has 1 N–H and O–H groups in total. The smallest absolute Gasteiger partial charge is 0.266 e. The highest BCUT2D eigenvalue weighted by Crippen LogP contribution is 2.34. The molecule has 1 saturated heterocycles. The number of halogens is 1. The molecule has 0 spiro atoms. The average molecular weight is 463 g/mol. The SMILES string of the molecule is CCN1C(=O)/C(=C\c2ccc(OCC(=O)Nc3ccccc3Cl)c(OC)c2)SC1=S. The molecular formula is C21H19ClN2O4S2. The lowest BCUT2D eigenvalue weighted by Crippen LogP contribution is -2.27. The van der Waals surface area contributed by atoms with Crippen molar-refractivity contribution >= 4 is 63.5 Å². The zero-order valence-corrected chi connectivity index (χ0v) is 18.7. The molecule has 9 heteroatoms. The molecule has 0 bridgehead atoms. The minimum absolute atomic E-state index is 0.108. The highest BCUT2D eigenvalue weighted by Gasteiger charge is 2.30. The lowest BCUT2D eigenvalue weighted by molar-refractivity contribution is -0.122. The molecule has 0 aromatic heterocycles. The van der Waals surface area contributed by atoms with Gasteiger partial charge in [0.05, 0.1) is 22.7 Å². The lowest BCUT2D eigenvalue weighted by atomic mass is 10.2. The van der Waals surface area contributed by atoms with Gasteiger partial charge in [-0.05, 0) is 42.8 Å². The molecule has 30 heavy (non-hydrogen) atoms. The largest absolute Gasteiger partial charge is 0.493 e. The number of nitrogens with one attached hydrogen (secondary N) is 1.